The molecule has 1 amide bonds. The number of carbonyl (C=O) groups is 1. The van der Waals surface area contributed by atoms with Gasteiger partial charge in [0.25, 0.3) is 5.91 Å². The van der Waals surface area contributed by atoms with Gasteiger partial charge in [0.2, 0.25) is 0 Å². The molecule has 1 atom stereocenters. The predicted molar refractivity (Wildman–Crippen MR) is 86.5 cm³/mol. The molecule has 3 rings (SSSR count). The molecule has 3 N–H and O–H groups in total. The van der Waals surface area contributed by atoms with Crippen LogP contribution in [0.2, 0.25) is 0 Å². The van der Waals surface area contributed by atoms with Crippen LogP contribution in [0.4, 0.5) is 10.2 Å². The van der Waals surface area contributed by atoms with E-state index in [2.05, 4.69) is 15.4 Å². The second-order valence-corrected chi connectivity index (χ2v) is 5.39. The standard InChI is InChI=1S/C16H17FN6O/c1-22-8-7-19-15(22)13(10-5-3-4-6-12(10)17)21-16(24)11-9-20-23(2)14(11)18/h3-9,13H,18H2,1-2H3,(H,21,24). The Labute approximate surface area is 137 Å². The summed E-state index contributed by atoms with van der Waals surface area (Å²) in [5.74, 6) is -0.127. The first-order valence-corrected chi connectivity index (χ1v) is 7.29. The molecule has 1 aromatic carbocycles. The van der Waals surface area contributed by atoms with Gasteiger partial charge in [-0.25, -0.2) is 9.37 Å². The van der Waals surface area contributed by atoms with Gasteiger partial charge >= 0.3 is 0 Å². The van der Waals surface area contributed by atoms with Crippen molar-refractivity contribution in [2.75, 3.05) is 5.73 Å². The molecule has 3 aromatic rings. The van der Waals surface area contributed by atoms with Crippen LogP contribution in [0.15, 0.2) is 42.9 Å². The number of aryl methyl sites for hydroxylation is 2. The third-order valence-electron chi connectivity index (χ3n) is 3.84. The van der Waals surface area contributed by atoms with E-state index in [4.69, 9.17) is 5.73 Å². The number of nitrogen functional groups attached to an aromatic ring is 1. The molecule has 2 heterocycles. The van der Waals surface area contributed by atoms with E-state index >= 15 is 0 Å². The molecule has 2 aromatic heterocycles. The van der Waals surface area contributed by atoms with Gasteiger partial charge in [0.1, 0.15) is 29.1 Å². The lowest BCUT2D eigenvalue weighted by Crippen LogP contribution is -2.32. The maximum absolute atomic E-state index is 14.3. The highest BCUT2D eigenvalue weighted by Crippen LogP contribution is 2.24. The molecule has 124 valence electrons. The topological polar surface area (TPSA) is 90.8 Å². The van der Waals surface area contributed by atoms with Crippen LogP contribution in [0, 0.1) is 5.82 Å². The number of amides is 1. The molecule has 0 spiro atoms. The van der Waals surface area contributed by atoms with Crippen LogP contribution < -0.4 is 11.1 Å². The number of carbonyl (C=O) groups excluding carboxylic acids is 1. The monoisotopic (exact) mass is 328 g/mol. The highest BCUT2D eigenvalue weighted by Gasteiger charge is 2.25. The molecule has 7 nitrogen and oxygen atoms in total. The average molecular weight is 328 g/mol. The van der Waals surface area contributed by atoms with Crippen LogP contribution in [0.3, 0.4) is 0 Å². The van der Waals surface area contributed by atoms with Crippen LogP contribution in [0.25, 0.3) is 0 Å². The van der Waals surface area contributed by atoms with Crippen molar-refractivity contribution >= 4 is 11.7 Å². The number of hydrogen-bond donors (Lipinski definition) is 2. The number of hydrogen-bond acceptors (Lipinski definition) is 4. The number of rotatable bonds is 4. The van der Waals surface area contributed by atoms with Crippen LogP contribution in [0.5, 0.6) is 0 Å². The van der Waals surface area contributed by atoms with E-state index in [1.54, 1.807) is 49.3 Å². The smallest absolute Gasteiger partial charge is 0.257 e. The van der Waals surface area contributed by atoms with E-state index in [1.807, 2.05) is 0 Å². The summed E-state index contributed by atoms with van der Waals surface area (Å²) in [6.45, 7) is 0. The van der Waals surface area contributed by atoms with Crippen molar-refractivity contribution in [2.45, 2.75) is 6.04 Å². The largest absolute Gasteiger partial charge is 0.383 e. The molecule has 0 aliphatic rings. The summed E-state index contributed by atoms with van der Waals surface area (Å²) in [7, 11) is 3.42. The van der Waals surface area contributed by atoms with Crippen LogP contribution >= 0.6 is 0 Å². The Bertz CT molecular complexity index is 884. The molecule has 8 heteroatoms. The zero-order valence-corrected chi connectivity index (χ0v) is 13.3. The zero-order chi connectivity index (χ0) is 17.3. The second-order valence-electron chi connectivity index (χ2n) is 5.39. The van der Waals surface area contributed by atoms with E-state index in [9.17, 15) is 9.18 Å². The fraction of sp³-hybridized carbons (Fsp3) is 0.188. The summed E-state index contributed by atoms with van der Waals surface area (Å²) in [6, 6.07) is 5.50. The van der Waals surface area contributed by atoms with Gasteiger partial charge in [0.05, 0.1) is 6.20 Å². The lowest BCUT2D eigenvalue weighted by atomic mass is 10.0. The van der Waals surface area contributed by atoms with E-state index in [-0.39, 0.29) is 11.4 Å². The minimum Gasteiger partial charge on any atom is -0.383 e. The number of nitrogens with zero attached hydrogens (tertiary/aromatic N) is 4. The predicted octanol–water partition coefficient (Wildman–Crippen LogP) is 1.39. The van der Waals surface area contributed by atoms with E-state index in [0.29, 0.717) is 11.4 Å². The maximum atomic E-state index is 14.3. The summed E-state index contributed by atoms with van der Waals surface area (Å²) in [4.78, 5) is 16.8. The Morgan fingerprint density at radius 2 is 2.08 bits per heavy atom. The summed E-state index contributed by atoms with van der Waals surface area (Å²) < 4.78 is 17.4. The van der Waals surface area contributed by atoms with Crippen molar-refractivity contribution in [3.8, 4) is 0 Å². The summed E-state index contributed by atoms with van der Waals surface area (Å²) in [5.41, 5.74) is 6.39. The number of nitrogens with one attached hydrogen (secondary N) is 1. The fourth-order valence-electron chi connectivity index (χ4n) is 2.48. The van der Waals surface area contributed by atoms with Crippen molar-refractivity contribution in [1.29, 1.82) is 0 Å². The highest BCUT2D eigenvalue weighted by molar-refractivity contribution is 5.98. The molecule has 1 unspecified atom stereocenters. The molecule has 0 aliphatic carbocycles. The van der Waals surface area contributed by atoms with E-state index < -0.39 is 17.8 Å². The van der Waals surface area contributed by atoms with Crippen molar-refractivity contribution < 1.29 is 9.18 Å². The summed E-state index contributed by atoms with van der Waals surface area (Å²) in [5, 5.41) is 6.74. The first kappa shape index (κ1) is 15.7. The third kappa shape index (κ3) is 2.73. The maximum Gasteiger partial charge on any atom is 0.257 e. The Morgan fingerprint density at radius 1 is 1.33 bits per heavy atom. The first-order valence-electron chi connectivity index (χ1n) is 7.29. The third-order valence-corrected chi connectivity index (χ3v) is 3.84. The van der Waals surface area contributed by atoms with Crippen LogP contribution in [0.1, 0.15) is 27.8 Å². The zero-order valence-electron chi connectivity index (χ0n) is 13.3. The number of nitrogens with two attached hydrogens (primary N) is 1. The molecule has 0 fully saturated rings. The number of benzene rings is 1. The van der Waals surface area contributed by atoms with Crippen LogP contribution in [-0.2, 0) is 14.1 Å². The van der Waals surface area contributed by atoms with Gasteiger partial charge in [-0.05, 0) is 6.07 Å². The number of aromatic nitrogens is 4. The molecule has 0 radical (unpaired) electrons. The first-order chi connectivity index (χ1) is 11.5. The Balaban J connectivity index is 2.00. The minimum absolute atomic E-state index is 0.230. The molecule has 0 aliphatic heterocycles. The number of halogens is 1. The molecular formula is C16H17FN6O. The molecule has 24 heavy (non-hydrogen) atoms. The van der Waals surface area contributed by atoms with Gasteiger partial charge < -0.3 is 15.6 Å². The Hall–Kier alpha value is -3.16. The van der Waals surface area contributed by atoms with Gasteiger partial charge in [-0.15, -0.1) is 0 Å². The van der Waals surface area contributed by atoms with Crippen molar-refractivity contribution in [3.63, 3.8) is 0 Å². The van der Waals surface area contributed by atoms with Crippen molar-refractivity contribution in [1.82, 2.24) is 24.6 Å². The van der Waals surface area contributed by atoms with E-state index in [0.717, 1.165) is 0 Å². The summed E-state index contributed by atoms with van der Waals surface area (Å²) >= 11 is 0. The van der Waals surface area contributed by atoms with Crippen LogP contribution in [-0.4, -0.2) is 25.2 Å². The van der Waals surface area contributed by atoms with Gasteiger partial charge in [0.15, 0.2) is 0 Å². The molecule has 0 saturated heterocycles. The number of anilines is 1. The van der Waals surface area contributed by atoms with Gasteiger partial charge in [0, 0.05) is 32.1 Å². The summed E-state index contributed by atoms with van der Waals surface area (Å²) in [6.07, 6.45) is 4.70. The lowest BCUT2D eigenvalue weighted by Gasteiger charge is -2.19. The quantitative estimate of drug-likeness (QED) is 0.757. The van der Waals surface area contributed by atoms with Gasteiger partial charge in [-0.2, -0.15) is 5.10 Å². The second kappa shape index (κ2) is 6.15. The van der Waals surface area contributed by atoms with E-state index in [1.165, 1.54) is 16.9 Å². The highest BCUT2D eigenvalue weighted by atomic mass is 19.1. The SMILES string of the molecule is Cn1ccnc1C(NC(=O)c1cnn(C)c1N)c1ccccc1F. The average Bonchev–Trinajstić information content (AvgIpc) is 3.12. The molecule has 0 bridgehead atoms. The Kier molecular flexibility index (Phi) is 4.03. The molecule has 0 saturated carbocycles. The molecular weight excluding hydrogens is 311 g/mol. The Morgan fingerprint density at radius 3 is 2.67 bits per heavy atom. The van der Waals surface area contributed by atoms with Gasteiger partial charge in [-0.3, -0.25) is 9.48 Å². The normalized spacial score (nSPS) is 12.1. The van der Waals surface area contributed by atoms with Crippen molar-refractivity contribution in [2.24, 2.45) is 14.1 Å². The number of imidazole rings is 1. The van der Waals surface area contributed by atoms with Gasteiger partial charge in [-0.1, -0.05) is 18.2 Å². The lowest BCUT2D eigenvalue weighted by molar-refractivity contribution is 0.0941. The fourth-order valence-corrected chi connectivity index (χ4v) is 2.48. The minimum atomic E-state index is -0.752. The van der Waals surface area contributed by atoms with Crippen molar-refractivity contribution in [3.05, 3.63) is 65.6 Å².